The molecule has 0 saturated carbocycles. The summed E-state index contributed by atoms with van der Waals surface area (Å²) >= 11 is 1.64. The number of likely N-dealkylation sites (tertiary alicyclic amines) is 1. The number of aliphatic hydroxyl groups excluding tert-OH is 1. The lowest BCUT2D eigenvalue weighted by Gasteiger charge is -2.43. The van der Waals surface area contributed by atoms with Crippen molar-refractivity contribution >= 4 is 29.5 Å². The number of morpholine rings is 1. The average Bonchev–Trinajstić information content (AvgIpc) is 3.46. The second-order valence-corrected chi connectivity index (χ2v) is 12.6. The summed E-state index contributed by atoms with van der Waals surface area (Å²) in [6, 6.07) is -1.26. The number of carbonyl (C=O) groups excluding carboxylic acids is 3. The first kappa shape index (κ1) is 28.4. The molecule has 2 bridgehead atoms. The molecule has 0 radical (unpaired) electrons. The van der Waals surface area contributed by atoms with Crippen LogP contribution in [-0.2, 0) is 23.9 Å². The second-order valence-electron chi connectivity index (χ2n) is 11.1. The molecule has 1 N–H and O–H groups in total. The van der Waals surface area contributed by atoms with Gasteiger partial charge in [-0.25, -0.2) is 0 Å². The van der Waals surface area contributed by atoms with Gasteiger partial charge < -0.3 is 24.4 Å². The number of rotatable bonds is 11. The van der Waals surface area contributed by atoms with E-state index in [-0.39, 0.29) is 48.1 Å². The van der Waals surface area contributed by atoms with E-state index < -0.39 is 28.7 Å². The molecule has 0 aliphatic carbocycles. The number of amides is 2. The van der Waals surface area contributed by atoms with Crippen LogP contribution in [0, 0.1) is 23.7 Å². The first-order valence-electron chi connectivity index (χ1n) is 13.7. The molecule has 1 spiro atoms. The number of aliphatic hydroxyl groups is 1. The molecule has 37 heavy (non-hydrogen) atoms. The van der Waals surface area contributed by atoms with Gasteiger partial charge in [-0.1, -0.05) is 26.8 Å². The van der Waals surface area contributed by atoms with E-state index in [9.17, 15) is 19.5 Å². The van der Waals surface area contributed by atoms with Crippen molar-refractivity contribution in [2.75, 3.05) is 59.2 Å². The third kappa shape index (κ3) is 4.83. The quantitative estimate of drug-likeness (QED) is 0.311. The second kappa shape index (κ2) is 11.6. The molecule has 208 valence electrons. The Kier molecular flexibility index (Phi) is 8.93. The standard InChI is InChI=1S/C27H43N3O6S/c1-6-8-29(10-9-28-11-13-35-14-12-28)25(33)23-27-18(5)15-20(37-27)21(26(34)36-7-2)22(27)24(32)30(23)19(16-31)17(3)4/h6,17-23,31H,1,7-16H2,2-5H3/t18?,19-,20+,21-,22-,23?,27?/m0/s1. The molecule has 4 heterocycles. The zero-order valence-corrected chi connectivity index (χ0v) is 23.5. The lowest BCUT2D eigenvalue weighted by Crippen LogP contribution is -2.60. The zero-order valence-electron chi connectivity index (χ0n) is 22.6. The van der Waals surface area contributed by atoms with Gasteiger partial charge in [0.15, 0.2) is 0 Å². The minimum absolute atomic E-state index is 0.0479. The van der Waals surface area contributed by atoms with Crippen molar-refractivity contribution in [2.24, 2.45) is 23.7 Å². The largest absolute Gasteiger partial charge is 0.466 e. The van der Waals surface area contributed by atoms with Crippen molar-refractivity contribution in [3.8, 4) is 0 Å². The molecule has 3 unspecified atom stereocenters. The highest BCUT2D eigenvalue weighted by molar-refractivity contribution is 8.02. The van der Waals surface area contributed by atoms with Gasteiger partial charge >= 0.3 is 5.97 Å². The van der Waals surface area contributed by atoms with Crippen LogP contribution < -0.4 is 0 Å². The van der Waals surface area contributed by atoms with Crippen LogP contribution in [0.3, 0.4) is 0 Å². The molecule has 4 aliphatic heterocycles. The van der Waals surface area contributed by atoms with Crippen LogP contribution in [-0.4, -0.2) is 119 Å². The molecule has 9 nitrogen and oxygen atoms in total. The van der Waals surface area contributed by atoms with Crippen LogP contribution in [0.2, 0.25) is 0 Å². The van der Waals surface area contributed by atoms with Crippen LogP contribution in [0.25, 0.3) is 0 Å². The summed E-state index contributed by atoms with van der Waals surface area (Å²) < 4.78 is 10.2. The Morgan fingerprint density at radius 1 is 1.35 bits per heavy atom. The summed E-state index contributed by atoms with van der Waals surface area (Å²) in [5.41, 5.74) is 0. The summed E-state index contributed by atoms with van der Waals surface area (Å²) in [4.78, 5) is 47.6. The maximum absolute atomic E-state index is 14.5. The number of hydrogen-bond donors (Lipinski definition) is 1. The van der Waals surface area contributed by atoms with Crippen molar-refractivity contribution in [3.63, 3.8) is 0 Å². The van der Waals surface area contributed by atoms with Crippen molar-refractivity contribution in [2.45, 2.75) is 56.2 Å². The Balaban J connectivity index is 1.72. The molecule has 2 amide bonds. The minimum atomic E-state index is -0.751. The highest BCUT2D eigenvalue weighted by Crippen LogP contribution is 2.69. The zero-order chi connectivity index (χ0) is 26.9. The van der Waals surface area contributed by atoms with E-state index in [2.05, 4.69) is 18.4 Å². The molecule has 0 aromatic heterocycles. The van der Waals surface area contributed by atoms with Crippen molar-refractivity contribution < 1.29 is 29.0 Å². The third-order valence-electron chi connectivity index (χ3n) is 8.74. The summed E-state index contributed by atoms with van der Waals surface area (Å²) in [5, 5.41) is 10.3. The summed E-state index contributed by atoms with van der Waals surface area (Å²) in [7, 11) is 0. The lowest BCUT2D eigenvalue weighted by atomic mass is 9.66. The van der Waals surface area contributed by atoms with E-state index in [1.807, 2.05) is 13.8 Å². The maximum Gasteiger partial charge on any atom is 0.310 e. The number of hydrogen-bond acceptors (Lipinski definition) is 8. The van der Waals surface area contributed by atoms with E-state index in [1.54, 1.807) is 34.6 Å². The molecule has 4 aliphatic rings. The highest BCUT2D eigenvalue weighted by atomic mass is 32.2. The molecule has 0 aromatic rings. The van der Waals surface area contributed by atoms with Gasteiger partial charge in [0.25, 0.3) is 0 Å². The number of fused-ring (bicyclic) bond motifs is 1. The summed E-state index contributed by atoms with van der Waals surface area (Å²) in [6.45, 7) is 16.3. The van der Waals surface area contributed by atoms with E-state index in [0.717, 1.165) is 19.5 Å². The molecular formula is C27H43N3O6S. The number of thioether (sulfide) groups is 1. The third-order valence-corrected chi connectivity index (χ3v) is 10.8. The molecule has 4 rings (SSSR count). The number of nitrogens with zero attached hydrogens (tertiary/aromatic N) is 3. The smallest absolute Gasteiger partial charge is 0.310 e. The van der Waals surface area contributed by atoms with Crippen molar-refractivity contribution in [1.82, 2.24) is 14.7 Å². The Bertz CT molecular complexity index is 880. The van der Waals surface area contributed by atoms with E-state index in [4.69, 9.17) is 9.47 Å². The minimum Gasteiger partial charge on any atom is -0.466 e. The summed E-state index contributed by atoms with van der Waals surface area (Å²) in [5.74, 6) is -1.85. The molecule has 7 atom stereocenters. The fourth-order valence-electron chi connectivity index (χ4n) is 6.93. The monoisotopic (exact) mass is 537 g/mol. The molecule has 4 saturated heterocycles. The topological polar surface area (TPSA) is 99.6 Å². The Hall–Kier alpha value is -1.62. The fraction of sp³-hybridized carbons (Fsp3) is 0.815. The van der Waals surface area contributed by atoms with Gasteiger partial charge in [-0.2, -0.15) is 0 Å². The SMILES string of the molecule is C=CCN(CCN1CCOCC1)C(=O)C1N([C@@H](CO)C(C)C)C(=O)[C@@H]2[C@@H](C(=O)OCC)[C@H]3CC(C)C12S3. The van der Waals surface area contributed by atoms with Crippen molar-refractivity contribution in [1.29, 1.82) is 0 Å². The molecule has 4 fully saturated rings. The molecule has 0 aromatic carbocycles. The average molecular weight is 538 g/mol. The number of esters is 1. The van der Waals surface area contributed by atoms with E-state index >= 15 is 0 Å². The van der Waals surface area contributed by atoms with Gasteiger partial charge in [0.1, 0.15) is 6.04 Å². The van der Waals surface area contributed by atoms with E-state index in [0.29, 0.717) is 32.8 Å². The Morgan fingerprint density at radius 3 is 2.65 bits per heavy atom. The normalized spacial score (nSPS) is 34.1. The summed E-state index contributed by atoms with van der Waals surface area (Å²) in [6.07, 6.45) is 2.49. The van der Waals surface area contributed by atoms with Crippen LogP contribution >= 0.6 is 11.8 Å². The Morgan fingerprint density at radius 2 is 2.05 bits per heavy atom. The number of carbonyl (C=O) groups is 3. The predicted molar refractivity (Wildman–Crippen MR) is 142 cm³/mol. The van der Waals surface area contributed by atoms with Crippen LogP contribution in [0.1, 0.15) is 34.1 Å². The molecular weight excluding hydrogens is 494 g/mol. The van der Waals surface area contributed by atoms with Gasteiger partial charge in [-0.15, -0.1) is 18.3 Å². The van der Waals surface area contributed by atoms with Gasteiger partial charge in [0, 0.05) is 38.0 Å². The highest BCUT2D eigenvalue weighted by Gasteiger charge is 2.77. The lowest BCUT2D eigenvalue weighted by molar-refractivity contribution is -0.154. The van der Waals surface area contributed by atoms with Crippen LogP contribution in [0.15, 0.2) is 12.7 Å². The predicted octanol–water partition coefficient (Wildman–Crippen LogP) is 1.25. The van der Waals surface area contributed by atoms with Gasteiger partial charge in [0.2, 0.25) is 11.8 Å². The maximum atomic E-state index is 14.5. The number of ether oxygens (including phenoxy) is 2. The molecule has 10 heteroatoms. The fourth-order valence-corrected chi connectivity index (χ4v) is 9.32. The first-order valence-corrected chi connectivity index (χ1v) is 14.6. The van der Waals surface area contributed by atoms with Gasteiger partial charge in [0.05, 0.1) is 49.1 Å². The first-order chi connectivity index (χ1) is 17.7. The van der Waals surface area contributed by atoms with E-state index in [1.165, 1.54) is 0 Å². The Labute approximate surface area is 224 Å². The van der Waals surface area contributed by atoms with Crippen LogP contribution in [0.5, 0.6) is 0 Å². The van der Waals surface area contributed by atoms with Gasteiger partial charge in [-0.05, 0) is 25.2 Å². The van der Waals surface area contributed by atoms with Crippen LogP contribution in [0.4, 0.5) is 0 Å². The van der Waals surface area contributed by atoms with Gasteiger partial charge in [-0.3, -0.25) is 19.3 Å². The van der Waals surface area contributed by atoms with Crippen molar-refractivity contribution in [3.05, 3.63) is 12.7 Å².